The average molecular weight is 326 g/mol. The number of nitrogens with zero attached hydrogens (tertiary/aromatic N) is 1. The van der Waals surface area contributed by atoms with Gasteiger partial charge in [0.1, 0.15) is 0 Å². The molecule has 2 N–H and O–H groups in total. The lowest BCUT2D eigenvalue weighted by Crippen LogP contribution is -2.40. The second kappa shape index (κ2) is 10.2. The number of benzene rings is 1. The molecule has 0 saturated heterocycles. The highest BCUT2D eigenvalue weighted by molar-refractivity contribution is 6.35. The van der Waals surface area contributed by atoms with Crippen molar-refractivity contribution in [1.29, 1.82) is 0 Å². The van der Waals surface area contributed by atoms with Gasteiger partial charge in [-0.3, -0.25) is 9.59 Å². The predicted molar refractivity (Wildman–Crippen MR) is 88.7 cm³/mol. The van der Waals surface area contributed by atoms with Crippen LogP contribution in [-0.4, -0.2) is 42.9 Å². The Balaban J connectivity index is 2.25. The molecule has 0 unspecified atom stereocenters. The molecule has 1 aromatic carbocycles. The van der Waals surface area contributed by atoms with E-state index in [0.717, 1.165) is 31.6 Å². The van der Waals surface area contributed by atoms with Crippen molar-refractivity contribution in [2.75, 3.05) is 26.2 Å². The summed E-state index contributed by atoms with van der Waals surface area (Å²) < 4.78 is 0. The first-order valence-electron chi connectivity index (χ1n) is 7.60. The zero-order valence-electron chi connectivity index (χ0n) is 13.2. The van der Waals surface area contributed by atoms with Crippen LogP contribution in [0, 0.1) is 0 Å². The molecule has 0 bridgehead atoms. The zero-order valence-corrected chi connectivity index (χ0v) is 13.9. The minimum Gasteiger partial charge on any atom is -0.348 e. The summed E-state index contributed by atoms with van der Waals surface area (Å²) in [5.74, 6) is -1.24. The van der Waals surface area contributed by atoms with Crippen molar-refractivity contribution in [3.63, 3.8) is 0 Å². The highest BCUT2D eigenvalue weighted by Crippen LogP contribution is 2.14. The third-order valence-electron chi connectivity index (χ3n) is 3.43. The molecule has 1 rings (SSSR count). The van der Waals surface area contributed by atoms with E-state index in [1.54, 1.807) is 6.07 Å². The van der Waals surface area contributed by atoms with Crippen LogP contribution >= 0.6 is 11.6 Å². The van der Waals surface area contributed by atoms with Gasteiger partial charge in [0, 0.05) is 18.1 Å². The van der Waals surface area contributed by atoms with Crippen LogP contribution in [0.3, 0.4) is 0 Å². The SMILES string of the molecule is CCN(CC)CCCNC(=O)C(=O)NCc1ccccc1Cl. The van der Waals surface area contributed by atoms with Crippen LogP contribution in [0.2, 0.25) is 5.02 Å². The van der Waals surface area contributed by atoms with Crippen molar-refractivity contribution in [1.82, 2.24) is 15.5 Å². The maximum atomic E-state index is 11.7. The number of hydrogen-bond donors (Lipinski definition) is 2. The number of amides is 2. The summed E-state index contributed by atoms with van der Waals surface area (Å²) >= 11 is 5.99. The molecule has 122 valence electrons. The molecule has 1 aromatic rings. The Morgan fingerprint density at radius 3 is 2.36 bits per heavy atom. The van der Waals surface area contributed by atoms with E-state index >= 15 is 0 Å². The molecule has 0 aliphatic rings. The van der Waals surface area contributed by atoms with E-state index < -0.39 is 11.8 Å². The smallest absolute Gasteiger partial charge is 0.309 e. The van der Waals surface area contributed by atoms with E-state index in [2.05, 4.69) is 29.4 Å². The van der Waals surface area contributed by atoms with Crippen molar-refractivity contribution in [2.24, 2.45) is 0 Å². The number of carbonyl (C=O) groups excluding carboxylic acids is 2. The van der Waals surface area contributed by atoms with Gasteiger partial charge in [0.2, 0.25) is 0 Å². The topological polar surface area (TPSA) is 61.4 Å². The van der Waals surface area contributed by atoms with Gasteiger partial charge in [-0.2, -0.15) is 0 Å². The second-order valence-corrected chi connectivity index (χ2v) is 5.32. The Hall–Kier alpha value is -1.59. The van der Waals surface area contributed by atoms with Gasteiger partial charge in [-0.05, 0) is 37.7 Å². The van der Waals surface area contributed by atoms with Gasteiger partial charge in [-0.1, -0.05) is 43.6 Å². The molecule has 0 aromatic heterocycles. The van der Waals surface area contributed by atoms with Crippen LogP contribution in [0.5, 0.6) is 0 Å². The Morgan fingerprint density at radius 2 is 1.73 bits per heavy atom. The zero-order chi connectivity index (χ0) is 16.4. The maximum absolute atomic E-state index is 11.7. The van der Waals surface area contributed by atoms with E-state index in [9.17, 15) is 9.59 Å². The van der Waals surface area contributed by atoms with Gasteiger partial charge in [0.05, 0.1) is 0 Å². The molecule has 0 aliphatic carbocycles. The van der Waals surface area contributed by atoms with Gasteiger partial charge >= 0.3 is 11.8 Å². The summed E-state index contributed by atoms with van der Waals surface area (Å²) in [5.41, 5.74) is 0.784. The molecule has 0 spiro atoms. The summed E-state index contributed by atoms with van der Waals surface area (Å²) in [6.45, 7) is 7.83. The Bertz CT molecular complexity index is 490. The van der Waals surface area contributed by atoms with Crippen LogP contribution in [-0.2, 0) is 16.1 Å². The van der Waals surface area contributed by atoms with E-state index in [0.29, 0.717) is 11.6 Å². The molecule has 0 saturated carbocycles. The third-order valence-corrected chi connectivity index (χ3v) is 3.80. The quantitative estimate of drug-likeness (QED) is 0.566. The van der Waals surface area contributed by atoms with Crippen LogP contribution in [0.25, 0.3) is 0 Å². The lowest BCUT2D eigenvalue weighted by molar-refractivity contribution is -0.139. The highest BCUT2D eigenvalue weighted by Gasteiger charge is 2.12. The van der Waals surface area contributed by atoms with Gasteiger partial charge in [-0.25, -0.2) is 0 Å². The molecule has 0 aliphatic heterocycles. The molecule has 0 radical (unpaired) electrons. The minimum absolute atomic E-state index is 0.241. The Kier molecular flexibility index (Phi) is 8.55. The Morgan fingerprint density at radius 1 is 1.09 bits per heavy atom. The molecule has 2 amide bonds. The fraction of sp³-hybridized carbons (Fsp3) is 0.500. The molecule has 6 heteroatoms. The van der Waals surface area contributed by atoms with Gasteiger partial charge < -0.3 is 15.5 Å². The number of halogens is 1. The molecular formula is C16H24ClN3O2. The first-order chi connectivity index (χ1) is 10.6. The fourth-order valence-corrected chi connectivity index (χ4v) is 2.22. The van der Waals surface area contributed by atoms with Crippen LogP contribution in [0.15, 0.2) is 24.3 Å². The molecule has 0 heterocycles. The van der Waals surface area contributed by atoms with E-state index in [1.807, 2.05) is 18.2 Å². The van der Waals surface area contributed by atoms with Crippen molar-refractivity contribution >= 4 is 23.4 Å². The highest BCUT2D eigenvalue weighted by atomic mass is 35.5. The molecule has 5 nitrogen and oxygen atoms in total. The van der Waals surface area contributed by atoms with Crippen molar-refractivity contribution in [3.8, 4) is 0 Å². The normalized spacial score (nSPS) is 10.5. The van der Waals surface area contributed by atoms with E-state index in [1.165, 1.54) is 0 Å². The van der Waals surface area contributed by atoms with Gasteiger partial charge in [0.25, 0.3) is 0 Å². The lowest BCUT2D eigenvalue weighted by Gasteiger charge is -2.17. The third kappa shape index (κ3) is 6.45. The summed E-state index contributed by atoms with van der Waals surface area (Å²) in [4.78, 5) is 25.6. The average Bonchev–Trinajstić information content (AvgIpc) is 2.53. The van der Waals surface area contributed by atoms with E-state index in [-0.39, 0.29) is 6.54 Å². The summed E-state index contributed by atoms with van der Waals surface area (Å²) in [6.07, 6.45) is 0.825. The van der Waals surface area contributed by atoms with Gasteiger partial charge in [0.15, 0.2) is 0 Å². The number of rotatable bonds is 8. The van der Waals surface area contributed by atoms with Crippen LogP contribution in [0.1, 0.15) is 25.8 Å². The fourth-order valence-electron chi connectivity index (χ4n) is 2.02. The van der Waals surface area contributed by atoms with Crippen LogP contribution < -0.4 is 10.6 Å². The lowest BCUT2D eigenvalue weighted by atomic mass is 10.2. The monoisotopic (exact) mass is 325 g/mol. The maximum Gasteiger partial charge on any atom is 0.309 e. The summed E-state index contributed by atoms with van der Waals surface area (Å²) in [7, 11) is 0. The molecule has 0 fully saturated rings. The standard InChI is InChI=1S/C16H24ClN3O2/c1-3-20(4-2)11-7-10-18-15(21)16(22)19-12-13-8-5-6-9-14(13)17/h5-6,8-9H,3-4,7,10-12H2,1-2H3,(H,18,21)(H,19,22). The van der Waals surface area contributed by atoms with Crippen molar-refractivity contribution < 1.29 is 9.59 Å². The van der Waals surface area contributed by atoms with Gasteiger partial charge in [-0.15, -0.1) is 0 Å². The predicted octanol–water partition coefficient (Wildman–Crippen LogP) is 1.80. The number of carbonyl (C=O) groups is 2. The Labute approximate surface area is 137 Å². The van der Waals surface area contributed by atoms with Crippen LogP contribution in [0.4, 0.5) is 0 Å². The molecular weight excluding hydrogens is 302 g/mol. The minimum atomic E-state index is -0.636. The summed E-state index contributed by atoms with van der Waals surface area (Å²) in [6, 6.07) is 7.21. The van der Waals surface area contributed by atoms with Crippen molar-refractivity contribution in [2.45, 2.75) is 26.8 Å². The van der Waals surface area contributed by atoms with E-state index in [4.69, 9.17) is 11.6 Å². The first kappa shape index (κ1) is 18.5. The number of hydrogen-bond acceptors (Lipinski definition) is 3. The number of nitrogens with one attached hydrogen (secondary N) is 2. The summed E-state index contributed by atoms with van der Waals surface area (Å²) in [5, 5.41) is 5.76. The largest absolute Gasteiger partial charge is 0.348 e. The van der Waals surface area contributed by atoms with Crippen molar-refractivity contribution in [3.05, 3.63) is 34.9 Å². The first-order valence-corrected chi connectivity index (χ1v) is 7.98. The molecule has 22 heavy (non-hydrogen) atoms. The second-order valence-electron chi connectivity index (χ2n) is 4.91. The molecule has 0 atom stereocenters.